The van der Waals surface area contributed by atoms with Gasteiger partial charge >= 0.3 is 0 Å². The van der Waals surface area contributed by atoms with Gasteiger partial charge in [0.25, 0.3) is 0 Å². The van der Waals surface area contributed by atoms with Crippen molar-refractivity contribution in [1.29, 1.82) is 0 Å². The lowest BCUT2D eigenvalue weighted by Gasteiger charge is -2.20. The Morgan fingerprint density at radius 1 is 0.579 bits per heavy atom. The van der Waals surface area contributed by atoms with Gasteiger partial charge in [0.2, 0.25) is 0 Å². The molecule has 0 aromatic carbocycles. The topological polar surface area (TPSA) is 9.23 Å². The molecule has 116 valence electrons. The highest BCUT2D eigenvalue weighted by Gasteiger charge is 2.11. The second-order valence-electron chi connectivity index (χ2n) is 6.13. The van der Waals surface area contributed by atoms with E-state index in [1.54, 1.807) is 0 Å². The lowest BCUT2D eigenvalue weighted by Crippen LogP contribution is -2.15. The van der Waals surface area contributed by atoms with Gasteiger partial charge in [-0.1, -0.05) is 66.2 Å². The lowest BCUT2D eigenvalue weighted by molar-refractivity contribution is 0.0600. The molecule has 2 unspecified atom stereocenters. The van der Waals surface area contributed by atoms with E-state index in [1.807, 2.05) is 0 Å². The molecule has 0 aliphatic heterocycles. The summed E-state index contributed by atoms with van der Waals surface area (Å²) in [6, 6.07) is 0. The van der Waals surface area contributed by atoms with Crippen LogP contribution in [0.1, 0.15) is 91.9 Å². The van der Waals surface area contributed by atoms with E-state index in [2.05, 4.69) is 27.7 Å². The van der Waals surface area contributed by atoms with Gasteiger partial charge in [-0.3, -0.25) is 0 Å². The van der Waals surface area contributed by atoms with Crippen molar-refractivity contribution >= 4 is 0 Å². The number of ether oxygens (including phenoxy) is 1. The average molecular weight is 271 g/mol. The zero-order valence-electron chi connectivity index (χ0n) is 14.0. The molecule has 0 aromatic rings. The molecule has 0 N–H and O–H groups in total. The van der Waals surface area contributed by atoms with Crippen LogP contribution in [-0.2, 0) is 4.74 Å². The lowest BCUT2D eigenvalue weighted by atomic mass is 9.97. The Morgan fingerprint density at radius 2 is 1.00 bits per heavy atom. The number of rotatable bonds is 14. The number of hydrogen-bond acceptors (Lipinski definition) is 1. The third kappa shape index (κ3) is 11.5. The van der Waals surface area contributed by atoms with Crippen LogP contribution < -0.4 is 0 Å². The van der Waals surface area contributed by atoms with Crippen LogP contribution in [0, 0.1) is 11.8 Å². The quantitative estimate of drug-likeness (QED) is 0.364. The molecule has 0 rings (SSSR count). The molecule has 0 saturated carbocycles. The fourth-order valence-corrected chi connectivity index (χ4v) is 2.83. The normalized spacial score (nSPS) is 14.5. The maximum Gasteiger partial charge on any atom is 0.0494 e. The van der Waals surface area contributed by atoms with Crippen molar-refractivity contribution < 1.29 is 4.74 Å². The van der Waals surface area contributed by atoms with Gasteiger partial charge in [-0.05, 0) is 37.5 Å². The van der Waals surface area contributed by atoms with Crippen molar-refractivity contribution in [3.05, 3.63) is 0 Å². The van der Waals surface area contributed by atoms with E-state index >= 15 is 0 Å². The summed E-state index contributed by atoms with van der Waals surface area (Å²) in [7, 11) is 0. The molecule has 0 saturated heterocycles. The highest BCUT2D eigenvalue weighted by Crippen LogP contribution is 2.18. The molecule has 1 heteroatoms. The van der Waals surface area contributed by atoms with Gasteiger partial charge in [-0.15, -0.1) is 0 Å². The Balaban J connectivity index is 3.83. The number of unbranched alkanes of at least 4 members (excludes halogenated alkanes) is 2. The highest BCUT2D eigenvalue weighted by molar-refractivity contribution is 4.61. The smallest absolute Gasteiger partial charge is 0.0494 e. The molecule has 19 heavy (non-hydrogen) atoms. The molecular weight excluding hydrogens is 232 g/mol. The fraction of sp³-hybridized carbons (Fsp3) is 1.00. The summed E-state index contributed by atoms with van der Waals surface area (Å²) in [5.41, 5.74) is 0. The van der Waals surface area contributed by atoms with Crippen LogP contribution in [0.4, 0.5) is 0 Å². The minimum absolute atomic E-state index is 0.804. The summed E-state index contributed by atoms with van der Waals surface area (Å²) in [5, 5.41) is 0. The van der Waals surface area contributed by atoms with E-state index in [-0.39, 0.29) is 0 Å². The van der Waals surface area contributed by atoms with Crippen LogP contribution in [0.15, 0.2) is 0 Å². The van der Waals surface area contributed by atoms with Crippen LogP contribution in [0.3, 0.4) is 0 Å². The van der Waals surface area contributed by atoms with Crippen LogP contribution in [0.25, 0.3) is 0 Å². The molecule has 0 aliphatic carbocycles. The average Bonchev–Trinajstić information content (AvgIpc) is 2.42. The third-order valence-corrected chi connectivity index (χ3v) is 4.03. The number of hydrogen-bond donors (Lipinski definition) is 0. The van der Waals surface area contributed by atoms with Gasteiger partial charge in [0.1, 0.15) is 0 Å². The summed E-state index contributed by atoms with van der Waals surface area (Å²) in [6.45, 7) is 11.2. The first-order valence-corrected chi connectivity index (χ1v) is 8.86. The van der Waals surface area contributed by atoms with E-state index in [0.29, 0.717) is 0 Å². The summed E-state index contributed by atoms with van der Waals surface area (Å²) < 4.78 is 6.06. The van der Waals surface area contributed by atoms with Crippen molar-refractivity contribution in [2.75, 3.05) is 13.2 Å². The Labute approximate surface area is 122 Å². The fourth-order valence-electron chi connectivity index (χ4n) is 2.83. The molecule has 0 heterocycles. The largest absolute Gasteiger partial charge is 0.381 e. The molecule has 0 spiro atoms. The van der Waals surface area contributed by atoms with E-state index in [0.717, 1.165) is 25.0 Å². The van der Waals surface area contributed by atoms with Gasteiger partial charge in [-0.25, -0.2) is 0 Å². The zero-order valence-corrected chi connectivity index (χ0v) is 14.0. The Bertz CT molecular complexity index is 149. The van der Waals surface area contributed by atoms with Gasteiger partial charge in [0.15, 0.2) is 0 Å². The van der Waals surface area contributed by atoms with Gasteiger partial charge in [-0.2, -0.15) is 0 Å². The first-order chi connectivity index (χ1) is 9.28. The van der Waals surface area contributed by atoms with Crippen LogP contribution in [-0.4, -0.2) is 13.2 Å². The second kappa shape index (κ2) is 14.4. The SMILES string of the molecule is CCCCC(CCC)COCC(CCC)CCCC. The molecule has 0 aliphatic rings. The standard InChI is InChI=1S/C18H38O/c1-5-9-13-17(11-7-3)15-19-16-18(12-8-4)14-10-6-2/h17-18H,5-16H2,1-4H3. The maximum atomic E-state index is 6.06. The molecule has 0 fully saturated rings. The van der Waals surface area contributed by atoms with Crippen molar-refractivity contribution in [1.82, 2.24) is 0 Å². The van der Waals surface area contributed by atoms with Crippen molar-refractivity contribution in [2.24, 2.45) is 11.8 Å². The van der Waals surface area contributed by atoms with E-state index in [9.17, 15) is 0 Å². The van der Waals surface area contributed by atoms with Gasteiger partial charge in [0.05, 0.1) is 0 Å². The second-order valence-corrected chi connectivity index (χ2v) is 6.13. The highest BCUT2D eigenvalue weighted by atomic mass is 16.5. The minimum Gasteiger partial charge on any atom is -0.381 e. The monoisotopic (exact) mass is 270 g/mol. The van der Waals surface area contributed by atoms with E-state index in [4.69, 9.17) is 4.74 Å². The zero-order chi connectivity index (χ0) is 14.3. The summed E-state index contributed by atoms with van der Waals surface area (Å²) in [6.07, 6.45) is 13.4. The van der Waals surface area contributed by atoms with Crippen LogP contribution >= 0.6 is 0 Å². The summed E-state index contributed by atoms with van der Waals surface area (Å²) >= 11 is 0. The minimum atomic E-state index is 0.804. The van der Waals surface area contributed by atoms with Gasteiger partial charge in [0, 0.05) is 13.2 Å². The van der Waals surface area contributed by atoms with Gasteiger partial charge < -0.3 is 4.74 Å². The summed E-state index contributed by atoms with van der Waals surface area (Å²) in [5.74, 6) is 1.61. The first kappa shape index (κ1) is 19.0. The summed E-state index contributed by atoms with van der Waals surface area (Å²) in [4.78, 5) is 0. The first-order valence-electron chi connectivity index (χ1n) is 8.86. The van der Waals surface area contributed by atoms with E-state index < -0.39 is 0 Å². The third-order valence-electron chi connectivity index (χ3n) is 4.03. The molecule has 0 radical (unpaired) electrons. The van der Waals surface area contributed by atoms with Crippen molar-refractivity contribution in [3.8, 4) is 0 Å². The molecular formula is C18H38O. The Hall–Kier alpha value is -0.0400. The molecule has 2 atom stereocenters. The molecule has 0 aromatic heterocycles. The van der Waals surface area contributed by atoms with Crippen molar-refractivity contribution in [2.45, 2.75) is 91.9 Å². The van der Waals surface area contributed by atoms with Crippen molar-refractivity contribution in [3.63, 3.8) is 0 Å². The van der Waals surface area contributed by atoms with E-state index in [1.165, 1.54) is 64.2 Å². The molecule has 0 bridgehead atoms. The predicted octanol–water partition coefficient (Wildman–Crippen LogP) is 6.22. The van der Waals surface area contributed by atoms with Crippen LogP contribution in [0.5, 0.6) is 0 Å². The molecule has 1 nitrogen and oxygen atoms in total. The van der Waals surface area contributed by atoms with Crippen LogP contribution in [0.2, 0.25) is 0 Å². The predicted molar refractivity (Wildman–Crippen MR) is 86.7 cm³/mol. The Kier molecular flexibility index (Phi) is 14.3. The maximum absolute atomic E-state index is 6.06. The molecule has 0 amide bonds. The Morgan fingerprint density at radius 3 is 1.32 bits per heavy atom.